The predicted octanol–water partition coefficient (Wildman–Crippen LogP) is 2.95. The van der Waals surface area contributed by atoms with E-state index in [1.807, 2.05) is 0 Å². The van der Waals surface area contributed by atoms with E-state index < -0.39 is 0 Å². The molecule has 2 aliphatic rings. The Morgan fingerprint density at radius 3 is 2.79 bits per heavy atom. The quantitative estimate of drug-likeness (QED) is 0.848. The summed E-state index contributed by atoms with van der Waals surface area (Å²) in [5.41, 5.74) is -0.110. The van der Waals surface area contributed by atoms with Crippen LogP contribution in [-0.2, 0) is 4.79 Å². The normalized spacial score (nSPS) is 32.3. The van der Waals surface area contributed by atoms with Gasteiger partial charge < -0.3 is 10.2 Å². The van der Waals surface area contributed by atoms with Crippen LogP contribution in [0, 0.1) is 5.41 Å². The Kier molecular flexibility index (Phi) is 5.26. The van der Waals surface area contributed by atoms with Gasteiger partial charge in [-0.2, -0.15) is 0 Å². The number of carbonyl (C=O) groups is 1. The molecule has 1 amide bonds. The molecule has 2 atom stereocenters. The molecule has 2 saturated heterocycles. The van der Waals surface area contributed by atoms with Crippen LogP contribution >= 0.6 is 0 Å². The molecule has 0 aromatic heterocycles. The maximum Gasteiger partial charge on any atom is 0.230 e. The Labute approximate surface area is 118 Å². The predicted molar refractivity (Wildman–Crippen MR) is 79.1 cm³/mol. The first-order chi connectivity index (χ1) is 9.23. The number of nitrogens with one attached hydrogen (secondary N) is 1. The summed E-state index contributed by atoms with van der Waals surface area (Å²) in [7, 11) is 0. The Hall–Kier alpha value is -0.570. The van der Waals surface area contributed by atoms with Crippen molar-refractivity contribution in [2.24, 2.45) is 5.41 Å². The van der Waals surface area contributed by atoms with Crippen LogP contribution < -0.4 is 5.32 Å². The number of rotatable bonds is 4. The van der Waals surface area contributed by atoms with Crippen LogP contribution in [0.3, 0.4) is 0 Å². The molecule has 2 unspecified atom stereocenters. The molecule has 0 radical (unpaired) electrons. The lowest BCUT2D eigenvalue weighted by Gasteiger charge is -2.44. The molecule has 2 aliphatic heterocycles. The van der Waals surface area contributed by atoms with Crippen molar-refractivity contribution in [1.29, 1.82) is 0 Å². The van der Waals surface area contributed by atoms with Crippen LogP contribution in [0.25, 0.3) is 0 Å². The van der Waals surface area contributed by atoms with Crippen LogP contribution in [0.5, 0.6) is 0 Å². The first kappa shape index (κ1) is 14.8. The summed E-state index contributed by atoms with van der Waals surface area (Å²) in [5.74, 6) is 0.445. The topological polar surface area (TPSA) is 32.3 Å². The zero-order chi connectivity index (χ0) is 13.7. The van der Waals surface area contributed by atoms with Crippen LogP contribution in [-0.4, -0.2) is 36.5 Å². The zero-order valence-corrected chi connectivity index (χ0v) is 12.7. The van der Waals surface area contributed by atoms with Crippen molar-refractivity contribution in [3.63, 3.8) is 0 Å². The fraction of sp³-hybridized carbons (Fsp3) is 0.938. The monoisotopic (exact) mass is 266 g/mol. The average molecular weight is 266 g/mol. The highest BCUT2D eigenvalue weighted by Gasteiger charge is 2.42. The second-order valence-corrected chi connectivity index (χ2v) is 6.35. The summed E-state index contributed by atoms with van der Waals surface area (Å²) in [6.45, 7) is 7.37. The van der Waals surface area contributed by atoms with Gasteiger partial charge in [0.05, 0.1) is 5.41 Å². The number of nitrogens with zero attached hydrogens (tertiary/aromatic N) is 1. The Morgan fingerprint density at radius 2 is 2.16 bits per heavy atom. The van der Waals surface area contributed by atoms with Gasteiger partial charge in [-0.25, -0.2) is 0 Å². The maximum absolute atomic E-state index is 13.1. The molecule has 0 aromatic rings. The van der Waals surface area contributed by atoms with Gasteiger partial charge in [-0.1, -0.05) is 20.3 Å². The molecule has 2 heterocycles. The number of amides is 1. The van der Waals surface area contributed by atoms with Crippen molar-refractivity contribution < 1.29 is 4.79 Å². The molecule has 19 heavy (non-hydrogen) atoms. The standard InChI is InChI=1S/C16H30N2O/c1-3-8-14-9-5-6-12-18(14)15(19)16(4-2)10-7-11-17-13-16/h14,17H,3-13H2,1-2H3. The van der Waals surface area contributed by atoms with Gasteiger partial charge >= 0.3 is 0 Å². The lowest BCUT2D eigenvalue weighted by Crippen LogP contribution is -2.55. The average Bonchev–Trinajstić information content (AvgIpc) is 2.48. The summed E-state index contributed by atoms with van der Waals surface area (Å²) < 4.78 is 0. The van der Waals surface area contributed by atoms with E-state index in [-0.39, 0.29) is 5.41 Å². The highest BCUT2D eigenvalue weighted by atomic mass is 16.2. The molecule has 0 aromatic carbocycles. The summed E-state index contributed by atoms with van der Waals surface area (Å²) in [6, 6.07) is 0.511. The molecule has 2 fully saturated rings. The number of piperidine rings is 2. The first-order valence-corrected chi connectivity index (χ1v) is 8.25. The molecule has 0 spiro atoms. The van der Waals surface area contributed by atoms with Crippen LogP contribution in [0.4, 0.5) is 0 Å². The Bertz CT molecular complexity index is 295. The van der Waals surface area contributed by atoms with E-state index in [2.05, 4.69) is 24.1 Å². The fourth-order valence-corrected chi connectivity index (χ4v) is 3.81. The van der Waals surface area contributed by atoms with Gasteiger partial charge in [0, 0.05) is 19.1 Å². The van der Waals surface area contributed by atoms with E-state index in [9.17, 15) is 4.79 Å². The first-order valence-electron chi connectivity index (χ1n) is 8.25. The van der Waals surface area contributed by atoms with Crippen molar-refractivity contribution in [2.75, 3.05) is 19.6 Å². The minimum absolute atomic E-state index is 0.110. The van der Waals surface area contributed by atoms with Gasteiger partial charge in [0.25, 0.3) is 0 Å². The van der Waals surface area contributed by atoms with Gasteiger partial charge in [-0.3, -0.25) is 4.79 Å². The minimum atomic E-state index is -0.110. The van der Waals surface area contributed by atoms with Crippen molar-refractivity contribution in [2.45, 2.75) is 71.3 Å². The Balaban J connectivity index is 2.10. The molecule has 3 heteroatoms. The molecular formula is C16H30N2O. The van der Waals surface area contributed by atoms with E-state index in [0.717, 1.165) is 38.9 Å². The highest BCUT2D eigenvalue weighted by Crippen LogP contribution is 2.35. The van der Waals surface area contributed by atoms with Crippen molar-refractivity contribution >= 4 is 5.91 Å². The molecule has 110 valence electrons. The largest absolute Gasteiger partial charge is 0.339 e. The maximum atomic E-state index is 13.1. The third kappa shape index (κ3) is 3.13. The van der Waals surface area contributed by atoms with Crippen LogP contribution in [0.15, 0.2) is 0 Å². The molecule has 0 aliphatic carbocycles. The van der Waals surface area contributed by atoms with Crippen molar-refractivity contribution in [3.8, 4) is 0 Å². The third-order valence-corrected chi connectivity index (χ3v) is 5.11. The molecular weight excluding hydrogens is 236 g/mol. The van der Waals surface area contributed by atoms with E-state index >= 15 is 0 Å². The second-order valence-electron chi connectivity index (χ2n) is 6.35. The Morgan fingerprint density at radius 1 is 1.32 bits per heavy atom. The highest BCUT2D eigenvalue weighted by molar-refractivity contribution is 5.83. The van der Waals surface area contributed by atoms with Gasteiger partial charge in [0.15, 0.2) is 0 Å². The van der Waals surface area contributed by atoms with E-state index in [0.29, 0.717) is 11.9 Å². The summed E-state index contributed by atoms with van der Waals surface area (Å²) in [5, 5.41) is 3.45. The van der Waals surface area contributed by atoms with Gasteiger partial charge in [0.1, 0.15) is 0 Å². The van der Waals surface area contributed by atoms with Gasteiger partial charge in [-0.05, 0) is 51.5 Å². The SMILES string of the molecule is CCCC1CCCCN1C(=O)C1(CC)CCCNC1. The summed E-state index contributed by atoms with van der Waals surface area (Å²) >= 11 is 0. The summed E-state index contributed by atoms with van der Waals surface area (Å²) in [4.78, 5) is 15.3. The molecule has 3 nitrogen and oxygen atoms in total. The third-order valence-electron chi connectivity index (χ3n) is 5.11. The van der Waals surface area contributed by atoms with Crippen LogP contribution in [0.1, 0.15) is 65.2 Å². The number of carbonyl (C=O) groups excluding carboxylic acids is 1. The lowest BCUT2D eigenvalue weighted by molar-refractivity contribution is -0.147. The smallest absolute Gasteiger partial charge is 0.230 e. The second kappa shape index (κ2) is 6.74. The fourth-order valence-electron chi connectivity index (χ4n) is 3.81. The lowest BCUT2D eigenvalue weighted by atomic mass is 9.76. The van der Waals surface area contributed by atoms with E-state index in [4.69, 9.17) is 0 Å². The van der Waals surface area contributed by atoms with Crippen molar-refractivity contribution in [1.82, 2.24) is 10.2 Å². The number of hydrogen-bond donors (Lipinski definition) is 1. The molecule has 1 N–H and O–H groups in total. The van der Waals surface area contributed by atoms with E-state index in [1.54, 1.807) is 0 Å². The molecule has 0 saturated carbocycles. The zero-order valence-electron chi connectivity index (χ0n) is 12.7. The summed E-state index contributed by atoms with van der Waals surface area (Å²) in [6.07, 6.45) is 9.27. The number of likely N-dealkylation sites (tertiary alicyclic amines) is 1. The minimum Gasteiger partial charge on any atom is -0.339 e. The molecule has 0 bridgehead atoms. The number of hydrogen-bond acceptors (Lipinski definition) is 2. The van der Waals surface area contributed by atoms with Gasteiger partial charge in [-0.15, -0.1) is 0 Å². The molecule has 2 rings (SSSR count). The van der Waals surface area contributed by atoms with E-state index in [1.165, 1.54) is 32.1 Å². The van der Waals surface area contributed by atoms with Gasteiger partial charge in [0.2, 0.25) is 5.91 Å². The van der Waals surface area contributed by atoms with Crippen LogP contribution in [0.2, 0.25) is 0 Å². The van der Waals surface area contributed by atoms with Crippen molar-refractivity contribution in [3.05, 3.63) is 0 Å².